The molecule has 0 saturated carbocycles. The van der Waals surface area contributed by atoms with Gasteiger partial charge in [0.05, 0.1) is 24.4 Å². The molecule has 0 saturated heterocycles. The quantitative estimate of drug-likeness (QED) is 0.539. The minimum atomic E-state index is -1.00. The van der Waals surface area contributed by atoms with Crippen molar-refractivity contribution in [2.45, 2.75) is 39.0 Å². The van der Waals surface area contributed by atoms with Crippen molar-refractivity contribution in [1.29, 1.82) is 0 Å². The Labute approximate surface area is 210 Å². The van der Waals surface area contributed by atoms with Crippen LogP contribution in [0.4, 0.5) is 0 Å². The molecule has 0 fully saturated rings. The van der Waals surface area contributed by atoms with Crippen LogP contribution in [0, 0.1) is 0 Å². The average molecular weight is 490 g/mol. The molecule has 1 aromatic heterocycles. The van der Waals surface area contributed by atoms with Crippen molar-refractivity contribution >= 4 is 11.9 Å². The fourth-order valence-corrected chi connectivity index (χ4v) is 4.09. The topological polar surface area (TPSA) is 101 Å². The molecule has 0 radical (unpaired) electrons. The molecule has 2 heterocycles. The Hall–Kier alpha value is -3.91. The molecule has 3 aromatic rings. The first kappa shape index (κ1) is 25.2. The van der Waals surface area contributed by atoms with Crippen molar-refractivity contribution in [1.82, 2.24) is 15.2 Å². The first-order chi connectivity index (χ1) is 17.6. The summed E-state index contributed by atoms with van der Waals surface area (Å²) in [4.78, 5) is 30.6. The summed E-state index contributed by atoms with van der Waals surface area (Å²) in [5, 5.41) is 12.4. The van der Waals surface area contributed by atoms with Crippen molar-refractivity contribution in [2.24, 2.45) is 0 Å². The summed E-state index contributed by atoms with van der Waals surface area (Å²) in [7, 11) is 0. The Balaban J connectivity index is 1.57. The standard InChI is InChI=1S/C28H31N3O5/c32-27-19-31(17-22-8-2-3-10-25(22)36-20-24-9-4-6-13-29-24)18-23-12-11-21(28(33)34)16-26(23)35-15-7-1-5-14-30-27/h2-4,6,8-13,16H,1,5,7,14-15,17-20H2,(H,30,32)(H,33,34). The highest BCUT2D eigenvalue weighted by atomic mass is 16.5. The zero-order chi connectivity index (χ0) is 25.2. The molecule has 0 unspecified atom stereocenters. The van der Waals surface area contributed by atoms with E-state index in [9.17, 15) is 14.7 Å². The molecule has 188 valence electrons. The zero-order valence-electron chi connectivity index (χ0n) is 20.2. The van der Waals surface area contributed by atoms with Gasteiger partial charge in [-0.2, -0.15) is 0 Å². The predicted octanol–water partition coefficient (Wildman–Crippen LogP) is 4.04. The number of ether oxygens (including phenoxy) is 2. The van der Waals surface area contributed by atoms with Crippen molar-refractivity contribution in [3.63, 3.8) is 0 Å². The maximum absolute atomic E-state index is 12.7. The Morgan fingerprint density at radius 2 is 1.92 bits per heavy atom. The second-order valence-electron chi connectivity index (χ2n) is 8.75. The van der Waals surface area contributed by atoms with Gasteiger partial charge in [-0.1, -0.05) is 30.3 Å². The Morgan fingerprint density at radius 1 is 1.06 bits per heavy atom. The van der Waals surface area contributed by atoms with Crippen LogP contribution in [-0.2, 0) is 24.5 Å². The molecule has 2 aromatic carbocycles. The van der Waals surface area contributed by atoms with Gasteiger partial charge >= 0.3 is 5.97 Å². The summed E-state index contributed by atoms with van der Waals surface area (Å²) in [6.07, 6.45) is 4.34. The van der Waals surface area contributed by atoms with E-state index in [4.69, 9.17) is 9.47 Å². The first-order valence-electron chi connectivity index (χ1n) is 12.2. The summed E-state index contributed by atoms with van der Waals surface area (Å²) in [5.74, 6) is 0.216. The van der Waals surface area contributed by atoms with Gasteiger partial charge in [-0.05, 0) is 49.6 Å². The Morgan fingerprint density at radius 3 is 2.75 bits per heavy atom. The summed E-state index contributed by atoms with van der Waals surface area (Å²) < 4.78 is 12.1. The molecular formula is C28H31N3O5. The minimum Gasteiger partial charge on any atom is -0.493 e. The van der Waals surface area contributed by atoms with Crippen LogP contribution in [0.25, 0.3) is 0 Å². The number of nitrogens with one attached hydrogen (secondary N) is 1. The predicted molar refractivity (Wildman–Crippen MR) is 135 cm³/mol. The normalized spacial score (nSPS) is 15.3. The molecule has 8 heteroatoms. The van der Waals surface area contributed by atoms with Crippen LogP contribution in [0.1, 0.15) is 46.4 Å². The summed E-state index contributed by atoms with van der Waals surface area (Å²) in [6, 6.07) is 18.4. The van der Waals surface area contributed by atoms with Crippen molar-refractivity contribution < 1.29 is 24.2 Å². The number of para-hydroxylation sites is 1. The molecule has 0 spiro atoms. The largest absolute Gasteiger partial charge is 0.493 e. The Kier molecular flexibility index (Phi) is 8.88. The van der Waals surface area contributed by atoms with Crippen LogP contribution in [0.3, 0.4) is 0 Å². The molecule has 0 bridgehead atoms. The van der Waals surface area contributed by atoms with E-state index >= 15 is 0 Å². The number of hydrogen-bond donors (Lipinski definition) is 2. The lowest BCUT2D eigenvalue weighted by molar-refractivity contribution is -0.122. The maximum Gasteiger partial charge on any atom is 0.335 e. The lowest BCUT2D eigenvalue weighted by Crippen LogP contribution is -2.37. The van der Waals surface area contributed by atoms with Crippen LogP contribution in [0.5, 0.6) is 11.5 Å². The van der Waals surface area contributed by atoms with E-state index in [1.54, 1.807) is 24.4 Å². The number of benzene rings is 2. The maximum atomic E-state index is 12.7. The number of carbonyl (C=O) groups is 2. The highest BCUT2D eigenvalue weighted by Crippen LogP contribution is 2.26. The molecule has 2 N–H and O–H groups in total. The number of nitrogens with zero attached hydrogens (tertiary/aromatic N) is 2. The minimum absolute atomic E-state index is 0.0502. The highest BCUT2D eigenvalue weighted by molar-refractivity contribution is 5.88. The van der Waals surface area contributed by atoms with E-state index in [1.807, 2.05) is 47.4 Å². The number of carboxylic acids is 1. The molecule has 1 amide bonds. The third-order valence-electron chi connectivity index (χ3n) is 5.94. The van der Waals surface area contributed by atoms with E-state index in [2.05, 4.69) is 10.3 Å². The number of amides is 1. The molecule has 0 aliphatic carbocycles. The van der Waals surface area contributed by atoms with Gasteiger partial charge < -0.3 is 19.9 Å². The number of carbonyl (C=O) groups excluding carboxylic acids is 1. The van der Waals surface area contributed by atoms with E-state index in [-0.39, 0.29) is 18.0 Å². The number of carboxylic acid groups (broad SMARTS) is 1. The zero-order valence-corrected chi connectivity index (χ0v) is 20.2. The smallest absolute Gasteiger partial charge is 0.335 e. The van der Waals surface area contributed by atoms with Crippen molar-refractivity contribution in [3.8, 4) is 11.5 Å². The fourth-order valence-electron chi connectivity index (χ4n) is 4.09. The van der Waals surface area contributed by atoms with Crippen molar-refractivity contribution in [3.05, 3.63) is 89.2 Å². The van der Waals surface area contributed by atoms with Crippen LogP contribution in [0.2, 0.25) is 0 Å². The molecule has 8 nitrogen and oxygen atoms in total. The van der Waals surface area contributed by atoms with Crippen LogP contribution in [0.15, 0.2) is 66.9 Å². The molecule has 1 aliphatic rings. The van der Waals surface area contributed by atoms with Crippen molar-refractivity contribution in [2.75, 3.05) is 19.7 Å². The number of aromatic carboxylic acids is 1. The van der Waals surface area contributed by atoms with Gasteiger partial charge in [0.2, 0.25) is 5.91 Å². The molecule has 4 rings (SSSR count). The third-order valence-corrected chi connectivity index (χ3v) is 5.94. The third kappa shape index (κ3) is 7.29. The SMILES string of the molecule is O=C1CN(Cc2ccccc2OCc2ccccn2)Cc2ccc(C(=O)O)cc2OCCCCCN1. The Bertz CT molecular complexity index is 1170. The van der Waals surface area contributed by atoms with Gasteiger partial charge in [0, 0.05) is 37.0 Å². The van der Waals surface area contributed by atoms with Crippen LogP contribution in [-0.4, -0.2) is 46.6 Å². The summed E-state index contributed by atoms with van der Waals surface area (Å²) >= 11 is 0. The second-order valence-corrected chi connectivity index (χ2v) is 8.75. The monoisotopic (exact) mass is 489 g/mol. The second kappa shape index (κ2) is 12.7. The number of fused-ring (bicyclic) bond motifs is 1. The van der Waals surface area contributed by atoms with Crippen LogP contribution < -0.4 is 14.8 Å². The molecule has 1 aliphatic heterocycles. The number of rotatable bonds is 6. The molecular weight excluding hydrogens is 458 g/mol. The lowest BCUT2D eigenvalue weighted by atomic mass is 10.1. The van der Waals surface area contributed by atoms with Gasteiger partial charge in [-0.15, -0.1) is 0 Å². The average Bonchev–Trinajstić information content (AvgIpc) is 2.89. The van der Waals surface area contributed by atoms with Crippen LogP contribution >= 0.6 is 0 Å². The number of hydrogen-bond acceptors (Lipinski definition) is 6. The first-order valence-corrected chi connectivity index (χ1v) is 12.2. The van der Waals surface area contributed by atoms with E-state index in [0.717, 1.165) is 41.8 Å². The number of pyridine rings is 1. The summed E-state index contributed by atoms with van der Waals surface area (Å²) in [6.45, 7) is 2.52. The van der Waals surface area contributed by atoms with Gasteiger partial charge in [-0.3, -0.25) is 14.7 Å². The molecule has 0 atom stereocenters. The lowest BCUT2D eigenvalue weighted by Gasteiger charge is -2.24. The number of aromatic nitrogens is 1. The van der Waals surface area contributed by atoms with Gasteiger partial charge in [0.25, 0.3) is 0 Å². The summed E-state index contributed by atoms with van der Waals surface area (Å²) in [5.41, 5.74) is 2.78. The van der Waals surface area contributed by atoms with Gasteiger partial charge in [-0.25, -0.2) is 4.79 Å². The van der Waals surface area contributed by atoms with E-state index < -0.39 is 5.97 Å². The molecule has 36 heavy (non-hydrogen) atoms. The van der Waals surface area contributed by atoms with E-state index in [1.165, 1.54) is 0 Å². The fraction of sp³-hybridized carbons (Fsp3) is 0.321. The highest BCUT2D eigenvalue weighted by Gasteiger charge is 2.18. The van der Waals surface area contributed by atoms with Gasteiger partial charge in [0.15, 0.2) is 0 Å². The van der Waals surface area contributed by atoms with E-state index in [0.29, 0.717) is 38.6 Å². The van der Waals surface area contributed by atoms with Gasteiger partial charge in [0.1, 0.15) is 18.1 Å².